The van der Waals surface area contributed by atoms with Crippen LogP contribution in [-0.4, -0.2) is 48.0 Å². The minimum atomic E-state index is -0.349. The van der Waals surface area contributed by atoms with E-state index in [2.05, 4.69) is 0 Å². The van der Waals surface area contributed by atoms with E-state index in [-0.39, 0.29) is 17.9 Å². The Morgan fingerprint density at radius 1 is 1.41 bits per heavy atom. The molecule has 1 amide bonds. The number of carbonyl (C=O) groups is 2. The molecule has 1 heterocycles. The summed E-state index contributed by atoms with van der Waals surface area (Å²) in [6.45, 7) is 2.86. The maximum Gasteiger partial charge on any atom is 0.328 e. The first-order valence-electron chi connectivity index (χ1n) is 6.15. The third-order valence-corrected chi connectivity index (χ3v) is 3.51. The van der Waals surface area contributed by atoms with Gasteiger partial charge in [-0.3, -0.25) is 4.79 Å². The summed E-state index contributed by atoms with van der Waals surface area (Å²) in [7, 11) is 0. The average molecular weight is 259 g/mol. The summed E-state index contributed by atoms with van der Waals surface area (Å²) in [4.78, 5) is 25.5. The Balaban J connectivity index is 2.58. The van der Waals surface area contributed by atoms with Crippen LogP contribution in [0, 0.1) is 0 Å². The van der Waals surface area contributed by atoms with Gasteiger partial charge in [-0.05, 0) is 32.4 Å². The number of nitrogens with zero attached hydrogens (tertiary/aromatic N) is 1. The second-order valence-electron chi connectivity index (χ2n) is 4.09. The van der Waals surface area contributed by atoms with Crippen molar-refractivity contribution in [2.75, 3.05) is 25.2 Å². The number of ether oxygens (including phenoxy) is 1. The lowest BCUT2D eigenvalue weighted by atomic mass is 10.0. The summed E-state index contributed by atoms with van der Waals surface area (Å²) >= 11 is 1.65. The topological polar surface area (TPSA) is 46.6 Å². The van der Waals surface area contributed by atoms with Gasteiger partial charge in [0.15, 0.2) is 0 Å². The van der Waals surface area contributed by atoms with E-state index in [0.717, 1.165) is 25.0 Å². The number of likely N-dealkylation sites (tertiary alicyclic amines) is 1. The van der Waals surface area contributed by atoms with Crippen LogP contribution in [0.25, 0.3) is 0 Å². The normalized spacial score (nSPS) is 20.1. The van der Waals surface area contributed by atoms with Gasteiger partial charge in [0, 0.05) is 18.7 Å². The number of piperidine rings is 1. The van der Waals surface area contributed by atoms with E-state index in [1.165, 1.54) is 0 Å². The first kappa shape index (κ1) is 14.4. The summed E-state index contributed by atoms with van der Waals surface area (Å²) in [6, 6.07) is -0.349. The van der Waals surface area contributed by atoms with E-state index in [1.807, 2.05) is 6.26 Å². The minimum absolute atomic E-state index is 0.0807. The molecule has 4 nitrogen and oxygen atoms in total. The van der Waals surface area contributed by atoms with E-state index in [4.69, 9.17) is 4.74 Å². The molecule has 5 heteroatoms. The van der Waals surface area contributed by atoms with E-state index >= 15 is 0 Å². The lowest BCUT2D eigenvalue weighted by Gasteiger charge is -2.34. The van der Waals surface area contributed by atoms with Gasteiger partial charge in [-0.1, -0.05) is 0 Å². The third kappa shape index (κ3) is 4.22. The van der Waals surface area contributed by atoms with Crippen LogP contribution in [0.2, 0.25) is 0 Å². The van der Waals surface area contributed by atoms with Gasteiger partial charge in [-0.25, -0.2) is 4.79 Å². The smallest absolute Gasteiger partial charge is 0.328 e. The Bertz CT molecular complexity index is 270. The summed E-state index contributed by atoms with van der Waals surface area (Å²) in [5.41, 5.74) is 0. The van der Waals surface area contributed by atoms with Gasteiger partial charge in [0.2, 0.25) is 5.91 Å². The second kappa shape index (κ2) is 7.58. The molecule has 0 aromatic rings. The number of esters is 1. The van der Waals surface area contributed by atoms with Gasteiger partial charge in [-0.2, -0.15) is 11.8 Å². The number of rotatable bonds is 5. The molecule has 0 aromatic heterocycles. The molecule has 1 rings (SSSR count). The van der Waals surface area contributed by atoms with Crippen LogP contribution in [0.1, 0.15) is 32.6 Å². The molecule has 1 saturated heterocycles. The predicted octanol–water partition coefficient (Wildman–Crippen LogP) is 1.68. The summed E-state index contributed by atoms with van der Waals surface area (Å²) in [5, 5.41) is 0. The largest absolute Gasteiger partial charge is 0.464 e. The van der Waals surface area contributed by atoms with Crippen molar-refractivity contribution in [2.24, 2.45) is 0 Å². The van der Waals surface area contributed by atoms with Gasteiger partial charge in [0.25, 0.3) is 0 Å². The van der Waals surface area contributed by atoms with Crippen LogP contribution in [0.4, 0.5) is 0 Å². The van der Waals surface area contributed by atoms with Crippen molar-refractivity contribution in [1.29, 1.82) is 0 Å². The van der Waals surface area contributed by atoms with Gasteiger partial charge >= 0.3 is 5.97 Å². The second-order valence-corrected chi connectivity index (χ2v) is 5.08. The Labute approximate surface area is 107 Å². The van der Waals surface area contributed by atoms with Crippen molar-refractivity contribution in [3.05, 3.63) is 0 Å². The highest BCUT2D eigenvalue weighted by Crippen LogP contribution is 2.19. The van der Waals surface area contributed by atoms with Crippen molar-refractivity contribution < 1.29 is 14.3 Å². The van der Waals surface area contributed by atoms with Crippen LogP contribution < -0.4 is 0 Å². The van der Waals surface area contributed by atoms with Gasteiger partial charge < -0.3 is 9.64 Å². The minimum Gasteiger partial charge on any atom is -0.464 e. The maximum absolute atomic E-state index is 12.0. The summed E-state index contributed by atoms with van der Waals surface area (Å²) < 4.78 is 5.03. The van der Waals surface area contributed by atoms with E-state index in [9.17, 15) is 9.59 Å². The first-order valence-corrected chi connectivity index (χ1v) is 7.55. The molecule has 0 aromatic carbocycles. The Morgan fingerprint density at radius 2 is 2.18 bits per heavy atom. The molecule has 1 aliphatic rings. The number of amides is 1. The van der Waals surface area contributed by atoms with E-state index in [0.29, 0.717) is 19.6 Å². The number of carbonyl (C=O) groups excluding carboxylic acids is 2. The zero-order chi connectivity index (χ0) is 12.7. The maximum atomic E-state index is 12.0. The molecule has 0 spiro atoms. The Kier molecular flexibility index (Phi) is 6.40. The fourth-order valence-corrected chi connectivity index (χ4v) is 2.43. The fraction of sp³-hybridized carbons (Fsp3) is 0.833. The fourth-order valence-electron chi connectivity index (χ4n) is 2.05. The van der Waals surface area contributed by atoms with Crippen LogP contribution in [-0.2, 0) is 14.3 Å². The summed E-state index contributed by atoms with van der Waals surface area (Å²) in [6.07, 6.45) is 5.21. The SMILES string of the molecule is CCOC(=O)C1CCCCN1C(=O)CCSC. The van der Waals surface area contributed by atoms with E-state index in [1.54, 1.807) is 23.6 Å². The molecule has 0 saturated carbocycles. The van der Waals surface area contributed by atoms with Crippen molar-refractivity contribution in [3.63, 3.8) is 0 Å². The zero-order valence-electron chi connectivity index (χ0n) is 10.6. The molecule has 0 radical (unpaired) electrons. The van der Waals surface area contributed by atoms with Crippen molar-refractivity contribution in [1.82, 2.24) is 4.90 Å². The van der Waals surface area contributed by atoms with Crippen LogP contribution in [0.3, 0.4) is 0 Å². The monoisotopic (exact) mass is 259 g/mol. The highest BCUT2D eigenvalue weighted by Gasteiger charge is 2.32. The quantitative estimate of drug-likeness (QED) is 0.705. The number of hydrogen-bond acceptors (Lipinski definition) is 4. The third-order valence-electron chi connectivity index (χ3n) is 2.90. The number of hydrogen-bond donors (Lipinski definition) is 0. The standard InChI is InChI=1S/C12H21NO3S/c1-3-16-12(15)10-6-4-5-8-13(10)11(14)7-9-17-2/h10H,3-9H2,1-2H3. The Morgan fingerprint density at radius 3 is 2.82 bits per heavy atom. The Hall–Kier alpha value is -0.710. The molecule has 0 N–H and O–H groups in total. The molecule has 0 aliphatic carbocycles. The lowest BCUT2D eigenvalue weighted by Crippen LogP contribution is -2.48. The molecule has 1 atom stereocenters. The lowest BCUT2D eigenvalue weighted by molar-refractivity contribution is -0.156. The zero-order valence-corrected chi connectivity index (χ0v) is 11.4. The van der Waals surface area contributed by atoms with Gasteiger partial charge in [0.05, 0.1) is 6.61 Å². The highest BCUT2D eigenvalue weighted by molar-refractivity contribution is 7.98. The number of thioether (sulfide) groups is 1. The van der Waals surface area contributed by atoms with E-state index < -0.39 is 0 Å². The van der Waals surface area contributed by atoms with Gasteiger partial charge in [0.1, 0.15) is 6.04 Å². The van der Waals surface area contributed by atoms with Gasteiger partial charge in [-0.15, -0.1) is 0 Å². The molecule has 1 fully saturated rings. The molecule has 0 bridgehead atoms. The van der Waals surface area contributed by atoms with Crippen molar-refractivity contribution >= 4 is 23.6 Å². The van der Waals surface area contributed by atoms with Crippen LogP contribution in [0.15, 0.2) is 0 Å². The highest BCUT2D eigenvalue weighted by atomic mass is 32.2. The molecule has 17 heavy (non-hydrogen) atoms. The average Bonchev–Trinajstić information content (AvgIpc) is 2.36. The molecule has 1 unspecified atom stereocenters. The van der Waals surface area contributed by atoms with Crippen LogP contribution >= 0.6 is 11.8 Å². The predicted molar refractivity (Wildman–Crippen MR) is 69.0 cm³/mol. The molecular weight excluding hydrogens is 238 g/mol. The van der Waals surface area contributed by atoms with Crippen molar-refractivity contribution in [2.45, 2.75) is 38.6 Å². The molecule has 98 valence electrons. The summed E-state index contributed by atoms with van der Waals surface area (Å²) in [5.74, 6) is 0.645. The first-order chi connectivity index (χ1) is 8.20. The van der Waals surface area contributed by atoms with Crippen LogP contribution in [0.5, 0.6) is 0 Å². The van der Waals surface area contributed by atoms with Crippen molar-refractivity contribution in [3.8, 4) is 0 Å². The molecular formula is C12H21NO3S. The molecule has 1 aliphatic heterocycles.